The molecular weight excluding hydrogens is 240 g/mol. The Morgan fingerprint density at radius 3 is 2.30 bits per heavy atom. The molecular formula is C20H38. The lowest BCUT2D eigenvalue weighted by Gasteiger charge is -2.30. The molecule has 20 heavy (non-hydrogen) atoms. The van der Waals surface area contributed by atoms with Gasteiger partial charge in [0.25, 0.3) is 0 Å². The van der Waals surface area contributed by atoms with Gasteiger partial charge in [-0.2, -0.15) is 0 Å². The summed E-state index contributed by atoms with van der Waals surface area (Å²) in [6, 6.07) is 0. The normalized spacial score (nSPS) is 39.8. The summed E-state index contributed by atoms with van der Waals surface area (Å²) in [5, 5.41) is 0. The number of rotatable bonds is 7. The highest BCUT2D eigenvalue weighted by atomic mass is 14.5. The van der Waals surface area contributed by atoms with Gasteiger partial charge < -0.3 is 0 Å². The SMILES string of the molecule is CCCCC(C)C(C)C1CC(C)C2C[C@H](CCC)CC21. The maximum absolute atomic E-state index is 2.58. The third-order valence-electron chi connectivity index (χ3n) is 6.97. The lowest BCUT2D eigenvalue weighted by molar-refractivity contribution is 0.188. The van der Waals surface area contributed by atoms with Gasteiger partial charge in [0.15, 0.2) is 0 Å². The molecule has 0 aromatic heterocycles. The van der Waals surface area contributed by atoms with Crippen LogP contribution in [0, 0.1) is 41.4 Å². The van der Waals surface area contributed by atoms with Crippen molar-refractivity contribution in [2.75, 3.05) is 0 Å². The Morgan fingerprint density at radius 1 is 0.950 bits per heavy atom. The van der Waals surface area contributed by atoms with Gasteiger partial charge in [0.05, 0.1) is 0 Å². The van der Waals surface area contributed by atoms with Crippen molar-refractivity contribution >= 4 is 0 Å². The molecule has 0 aromatic carbocycles. The van der Waals surface area contributed by atoms with Gasteiger partial charge in [0, 0.05) is 0 Å². The van der Waals surface area contributed by atoms with Gasteiger partial charge in [0.2, 0.25) is 0 Å². The molecule has 0 amide bonds. The summed E-state index contributed by atoms with van der Waals surface area (Å²) < 4.78 is 0. The first kappa shape index (κ1) is 16.4. The molecule has 2 rings (SSSR count). The van der Waals surface area contributed by atoms with E-state index in [1.54, 1.807) is 12.8 Å². The van der Waals surface area contributed by atoms with Gasteiger partial charge in [-0.15, -0.1) is 0 Å². The van der Waals surface area contributed by atoms with Crippen LogP contribution in [-0.4, -0.2) is 0 Å². The molecule has 0 saturated heterocycles. The summed E-state index contributed by atoms with van der Waals surface area (Å²) in [5.74, 6) is 7.18. The lowest BCUT2D eigenvalue weighted by atomic mass is 9.75. The summed E-state index contributed by atoms with van der Waals surface area (Å²) >= 11 is 0. The fraction of sp³-hybridized carbons (Fsp3) is 1.00. The van der Waals surface area contributed by atoms with Gasteiger partial charge in [-0.1, -0.05) is 66.7 Å². The molecule has 0 aliphatic heterocycles. The van der Waals surface area contributed by atoms with Crippen LogP contribution in [0.1, 0.15) is 86.0 Å². The minimum absolute atomic E-state index is 0.941. The van der Waals surface area contributed by atoms with Crippen LogP contribution in [0.3, 0.4) is 0 Å². The number of hydrogen-bond acceptors (Lipinski definition) is 0. The van der Waals surface area contributed by atoms with Gasteiger partial charge in [-0.25, -0.2) is 0 Å². The van der Waals surface area contributed by atoms with Crippen molar-refractivity contribution in [3.05, 3.63) is 0 Å². The van der Waals surface area contributed by atoms with Gasteiger partial charge in [-0.05, 0) is 60.7 Å². The van der Waals surface area contributed by atoms with Crippen molar-refractivity contribution < 1.29 is 0 Å². The third kappa shape index (κ3) is 3.42. The predicted molar refractivity (Wildman–Crippen MR) is 89.7 cm³/mol. The highest BCUT2D eigenvalue weighted by Gasteiger charge is 2.48. The third-order valence-corrected chi connectivity index (χ3v) is 6.97. The van der Waals surface area contributed by atoms with Crippen LogP contribution in [0.5, 0.6) is 0 Å². The summed E-state index contributed by atoms with van der Waals surface area (Å²) in [7, 11) is 0. The molecule has 2 aliphatic rings. The summed E-state index contributed by atoms with van der Waals surface area (Å²) in [5.41, 5.74) is 0. The first-order chi connectivity index (χ1) is 9.58. The Bertz CT molecular complexity index is 282. The Morgan fingerprint density at radius 2 is 1.65 bits per heavy atom. The quantitative estimate of drug-likeness (QED) is 0.495. The molecule has 2 aliphatic carbocycles. The van der Waals surface area contributed by atoms with Crippen molar-refractivity contribution in [2.24, 2.45) is 41.4 Å². The number of fused-ring (bicyclic) bond motifs is 1. The van der Waals surface area contributed by atoms with Crippen LogP contribution in [0.25, 0.3) is 0 Å². The molecule has 2 saturated carbocycles. The van der Waals surface area contributed by atoms with E-state index in [1.807, 2.05) is 0 Å². The number of hydrogen-bond donors (Lipinski definition) is 0. The van der Waals surface area contributed by atoms with Gasteiger partial charge in [0.1, 0.15) is 0 Å². The maximum Gasteiger partial charge on any atom is -0.0349 e. The second-order valence-corrected chi connectivity index (χ2v) is 8.31. The van der Waals surface area contributed by atoms with E-state index >= 15 is 0 Å². The molecule has 118 valence electrons. The van der Waals surface area contributed by atoms with E-state index in [0.29, 0.717) is 0 Å². The van der Waals surface area contributed by atoms with Crippen molar-refractivity contribution in [3.8, 4) is 0 Å². The topological polar surface area (TPSA) is 0 Å². The standard InChI is InChI=1S/C20H38/c1-6-8-10-14(3)16(5)19-11-15(4)18-12-17(9-7-2)13-20(18)19/h14-20H,6-13H2,1-5H3/t14?,15?,16?,17-,18?,19?,20?/m0/s1. The molecule has 0 heteroatoms. The van der Waals surface area contributed by atoms with Gasteiger partial charge in [-0.3, -0.25) is 0 Å². The van der Waals surface area contributed by atoms with Crippen LogP contribution in [0.4, 0.5) is 0 Å². The van der Waals surface area contributed by atoms with E-state index in [1.165, 1.54) is 38.5 Å². The molecule has 0 bridgehead atoms. The largest absolute Gasteiger partial charge is 0.0654 e. The molecule has 0 aromatic rings. The minimum atomic E-state index is 0.941. The van der Waals surface area contributed by atoms with Crippen LogP contribution >= 0.6 is 0 Å². The minimum Gasteiger partial charge on any atom is -0.0654 e. The average Bonchev–Trinajstić information content (AvgIpc) is 2.96. The Labute approximate surface area is 128 Å². The highest BCUT2D eigenvalue weighted by Crippen LogP contribution is 2.56. The van der Waals surface area contributed by atoms with Crippen LogP contribution in [-0.2, 0) is 0 Å². The molecule has 2 fully saturated rings. The van der Waals surface area contributed by atoms with E-state index in [0.717, 1.165) is 41.4 Å². The fourth-order valence-electron chi connectivity index (χ4n) is 5.60. The zero-order valence-electron chi connectivity index (χ0n) is 14.7. The van der Waals surface area contributed by atoms with Crippen molar-refractivity contribution in [2.45, 2.75) is 86.0 Å². The average molecular weight is 279 g/mol. The first-order valence-electron chi connectivity index (χ1n) is 9.58. The zero-order chi connectivity index (χ0) is 14.7. The molecule has 0 spiro atoms. The second-order valence-electron chi connectivity index (χ2n) is 8.31. The van der Waals surface area contributed by atoms with E-state index in [-0.39, 0.29) is 0 Å². The number of unbranched alkanes of at least 4 members (excludes halogenated alkanes) is 1. The lowest BCUT2D eigenvalue weighted by Crippen LogP contribution is -2.23. The monoisotopic (exact) mass is 278 g/mol. The van der Waals surface area contributed by atoms with E-state index in [9.17, 15) is 0 Å². The van der Waals surface area contributed by atoms with E-state index in [2.05, 4.69) is 34.6 Å². The second kappa shape index (κ2) is 7.32. The smallest absolute Gasteiger partial charge is 0.0349 e. The summed E-state index contributed by atoms with van der Waals surface area (Å²) in [6.45, 7) is 12.3. The van der Waals surface area contributed by atoms with Crippen LogP contribution in [0.2, 0.25) is 0 Å². The first-order valence-corrected chi connectivity index (χ1v) is 9.58. The molecule has 6 unspecified atom stereocenters. The maximum atomic E-state index is 2.58. The highest BCUT2D eigenvalue weighted by molar-refractivity contribution is 4.97. The van der Waals surface area contributed by atoms with Crippen LogP contribution in [0.15, 0.2) is 0 Å². The van der Waals surface area contributed by atoms with Crippen molar-refractivity contribution in [3.63, 3.8) is 0 Å². The summed E-state index contributed by atoms with van der Waals surface area (Å²) in [4.78, 5) is 0. The Balaban J connectivity index is 1.95. The molecule has 0 N–H and O–H groups in total. The van der Waals surface area contributed by atoms with Gasteiger partial charge >= 0.3 is 0 Å². The zero-order valence-corrected chi connectivity index (χ0v) is 14.7. The summed E-state index contributed by atoms with van der Waals surface area (Å²) in [6.07, 6.45) is 11.8. The van der Waals surface area contributed by atoms with E-state index < -0.39 is 0 Å². The fourth-order valence-corrected chi connectivity index (χ4v) is 5.60. The van der Waals surface area contributed by atoms with Crippen molar-refractivity contribution in [1.29, 1.82) is 0 Å². The molecule has 0 nitrogen and oxygen atoms in total. The molecule has 0 radical (unpaired) electrons. The Kier molecular flexibility index (Phi) is 5.99. The van der Waals surface area contributed by atoms with Crippen LogP contribution < -0.4 is 0 Å². The molecule has 7 atom stereocenters. The van der Waals surface area contributed by atoms with E-state index in [4.69, 9.17) is 0 Å². The Hall–Kier alpha value is 0. The molecule has 0 heterocycles. The predicted octanol–water partition coefficient (Wildman–Crippen LogP) is 6.55. The van der Waals surface area contributed by atoms with Crippen molar-refractivity contribution in [1.82, 2.24) is 0 Å².